The summed E-state index contributed by atoms with van der Waals surface area (Å²) in [5.41, 5.74) is 3.16. The second-order valence-electron chi connectivity index (χ2n) is 5.74. The van der Waals surface area contributed by atoms with Gasteiger partial charge in [-0.25, -0.2) is 9.37 Å². The highest BCUT2D eigenvalue weighted by molar-refractivity contribution is 7.22. The number of hydrogen-bond acceptors (Lipinski definition) is 3. The summed E-state index contributed by atoms with van der Waals surface area (Å²) in [7, 11) is 1.75. The van der Waals surface area contributed by atoms with E-state index in [0.717, 1.165) is 21.2 Å². The zero-order chi connectivity index (χ0) is 16.8. The number of fused-ring (bicyclic) bond motifs is 2. The third-order valence-electron chi connectivity index (χ3n) is 4.00. The minimum atomic E-state index is -0.322. The largest absolute Gasteiger partial charge is 0.340 e. The third-order valence-corrected chi connectivity index (χ3v) is 4.94. The molecule has 0 fully saturated rings. The van der Waals surface area contributed by atoms with Crippen molar-refractivity contribution in [2.45, 2.75) is 6.92 Å². The van der Waals surface area contributed by atoms with Gasteiger partial charge in [-0.3, -0.25) is 10.1 Å². The van der Waals surface area contributed by atoms with E-state index in [2.05, 4.69) is 10.3 Å². The fourth-order valence-corrected chi connectivity index (χ4v) is 3.73. The Kier molecular flexibility index (Phi) is 3.35. The lowest BCUT2D eigenvalue weighted by Crippen LogP contribution is -2.15. The Bertz CT molecular complexity index is 1100. The molecular weight excluding hydrogens is 325 g/mol. The Hall–Kier alpha value is -2.73. The second-order valence-corrected chi connectivity index (χ2v) is 6.77. The lowest BCUT2D eigenvalue weighted by Gasteiger charge is -2.03. The van der Waals surface area contributed by atoms with E-state index in [1.54, 1.807) is 23.7 Å². The number of carbonyl (C=O) groups is 1. The second kappa shape index (κ2) is 5.42. The molecular formula is C18H14FN3OS. The summed E-state index contributed by atoms with van der Waals surface area (Å²) in [6, 6.07) is 12.2. The maximum Gasteiger partial charge on any atom is 0.274 e. The highest BCUT2D eigenvalue weighted by Crippen LogP contribution is 2.27. The van der Waals surface area contributed by atoms with Crippen LogP contribution in [0.15, 0.2) is 42.5 Å². The summed E-state index contributed by atoms with van der Waals surface area (Å²) in [5, 5.41) is 4.21. The predicted molar refractivity (Wildman–Crippen MR) is 95.2 cm³/mol. The SMILES string of the molecule is Cc1ccc2nc(NC(=O)c3cc4ccc(F)cc4n3C)sc2c1. The fourth-order valence-electron chi connectivity index (χ4n) is 2.77. The Morgan fingerprint density at radius 1 is 1.21 bits per heavy atom. The molecule has 4 rings (SSSR count). The van der Waals surface area contributed by atoms with Crippen LogP contribution in [0.5, 0.6) is 0 Å². The summed E-state index contributed by atoms with van der Waals surface area (Å²) in [5.74, 6) is -0.581. The molecule has 0 bridgehead atoms. The monoisotopic (exact) mass is 339 g/mol. The van der Waals surface area contributed by atoms with E-state index in [-0.39, 0.29) is 11.7 Å². The zero-order valence-corrected chi connectivity index (χ0v) is 13.9. The molecule has 4 aromatic rings. The molecule has 2 aromatic heterocycles. The fraction of sp³-hybridized carbons (Fsp3) is 0.111. The van der Waals surface area contributed by atoms with E-state index in [4.69, 9.17) is 0 Å². The lowest BCUT2D eigenvalue weighted by atomic mass is 10.2. The first-order valence-electron chi connectivity index (χ1n) is 7.45. The number of aromatic nitrogens is 2. The first-order chi connectivity index (χ1) is 11.5. The number of hydrogen-bond donors (Lipinski definition) is 1. The predicted octanol–water partition coefficient (Wildman–Crippen LogP) is 4.49. The molecule has 24 heavy (non-hydrogen) atoms. The standard InChI is InChI=1S/C18H14FN3OS/c1-10-3-6-13-16(7-10)24-18(20-13)21-17(23)15-8-11-4-5-12(19)9-14(11)22(15)2/h3-9H,1-2H3,(H,20,21,23). The summed E-state index contributed by atoms with van der Waals surface area (Å²) in [6.07, 6.45) is 0. The van der Waals surface area contributed by atoms with Crippen LogP contribution in [-0.4, -0.2) is 15.5 Å². The summed E-state index contributed by atoms with van der Waals surface area (Å²) >= 11 is 1.44. The first kappa shape index (κ1) is 14.8. The van der Waals surface area contributed by atoms with Crippen molar-refractivity contribution in [3.63, 3.8) is 0 Å². The molecule has 2 aromatic carbocycles. The van der Waals surface area contributed by atoms with E-state index in [1.807, 2.05) is 25.1 Å². The van der Waals surface area contributed by atoms with Crippen LogP contribution in [0.1, 0.15) is 16.1 Å². The van der Waals surface area contributed by atoms with Gasteiger partial charge in [-0.2, -0.15) is 0 Å². The number of amides is 1. The van der Waals surface area contributed by atoms with Crippen molar-refractivity contribution in [2.75, 3.05) is 5.32 Å². The van der Waals surface area contributed by atoms with Crippen LogP contribution in [0.3, 0.4) is 0 Å². The number of thiazole rings is 1. The van der Waals surface area contributed by atoms with Crippen molar-refractivity contribution >= 4 is 43.5 Å². The van der Waals surface area contributed by atoms with Gasteiger partial charge in [-0.05, 0) is 48.9 Å². The van der Waals surface area contributed by atoms with Crippen molar-refractivity contribution in [1.29, 1.82) is 0 Å². The van der Waals surface area contributed by atoms with Crippen molar-refractivity contribution in [3.8, 4) is 0 Å². The van der Waals surface area contributed by atoms with Gasteiger partial charge < -0.3 is 4.57 Å². The van der Waals surface area contributed by atoms with Gasteiger partial charge in [0, 0.05) is 12.4 Å². The molecule has 2 heterocycles. The van der Waals surface area contributed by atoms with Crippen LogP contribution < -0.4 is 5.32 Å². The number of carbonyl (C=O) groups excluding carboxylic acids is 1. The first-order valence-corrected chi connectivity index (χ1v) is 8.26. The maximum absolute atomic E-state index is 13.4. The molecule has 0 unspecified atom stereocenters. The van der Waals surface area contributed by atoms with E-state index < -0.39 is 0 Å². The number of halogens is 1. The highest BCUT2D eigenvalue weighted by atomic mass is 32.1. The Morgan fingerprint density at radius 3 is 2.88 bits per heavy atom. The number of anilines is 1. The van der Waals surface area contributed by atoms with Crippen LogP contribution in [0.25, 0.3) is 21.1 Å². The van der Waals surface area contributed by atoms with Crippen LogP contribution in [-0.2, 0) is 7.05 Å². The van der Waals surface area contributed by atoms with Crippen molar-refractivity contribution in [3.05, 3.63) is 59.5 Å². The third kappa shape index (κ3) is 2.45. The summed E-state index contributed by atoms with van der Waals surface area (Å²) < 4.78 is 16.1. The number of nitrogens with zero attached hydrogens (tertiary/aromatic N) is 2. The van der Waals surface area contributed by atoms with E-state index in [0.29, 0.717) is 16.3 Å². The summed E-state index contributed by atoms with van der Waals surface area (Å²) in [6.45, 7) is 2.02. The van der Waals surface area contributed by atoms with Crippen LogP contribution in [0.4, 0.5) is 9.52 Å². The molecule has 4 nitrogen and oxygen atoms in total. The van der Waals surface area contributed by atoms with Gasteiger partial charge in [0.25, 0.3) is 5.91 Å². The van der Waals surface area contributed by atoms with Gasteiger partial charge in [-0.1, -0.05) is 17.4 Å². The number of benzene rings is 2. The van der Waals surface area contributed by atoms with Gasteiger partial charge in [0.05, 0.1) is 15.7 Å². The van der Waals surface area contributed by atoms with E-state index >= 15 is 0 Å². The van der Waals surface area contributed by atoms with E-state index in [1.165, 1.54) is 23.5 Å². The molecule has 0 saturated heterocycles. The van der Waals surface area contributed by atoms with Crippen molar-refractivity contribution in [2.24, 2.45) is 7.05 Å². The number of nitrogens with one attached hydrogen (secondary N) is 1. The van der Waals surface area contributed by atoms with Crippen LogP contribution in [0, 0.1) is 12.7 Å². The zero-order valence-electron chi connectivity index (χ0n) is 13.1. The van der Waals surface area contributed by atoms with Gasteiger partial charge in [0.2, 0.25) is 0 Å². The van der Waals surface area contributed by atoms with Gasteiger partial charge in [0.1, 0.15) is 11.5 Å². The molecule has 6 heteroatoms. The van der Waals surface area contributed by atoms with E-state index in [9.17, 15) is 9.18 Å². The molecule has 0 aliphatic heterocycles. The molecule has 0 spiro atoms. The molecule has 120 valence electrons. The molecule has 0 aliphatic rings. The highest BCUT2D eigenvalue weighted by Gasteiger charge is 2.15. The molecule has 0 radical (unpaired) electrons. The average molecular weight is 339 g/mol. The quantitative estimate of drug-likeness (QED) is 0.585. The Labute approximate surface area is 141 Å². The molecule has 0 saturated carbocycles. The van der Waals surface area contributed by atoms with Crippen molar-refractivity contribution in [1.82, 2.24) is 9.55 Å². The smallest absolute Gasteiger partial charge is 0.274 e. The summed E-state index contributed by atoms with van der Waals surface area (Å²) in [4.78, 5) is 17.0. The average Bonchev–Trinajstić information content (AvgIpc) is 3.08. The van der Waals surface area contributed by atoms with Crippen LogP contribution in [0.2, 0.25) is 0 Å². The maximum atomic E-state index is 13.4. The van der Waals surface area contributed by atoms with Crippen LogP contribution >= 0.6 is 11.3 Å². The minimum Gasteiger partial charge on any atom is -0.340 e. The van der Waals surface area contributed by atoms with Gasteiger partial charge in [0.15, 0.2) is 5.13 Å². The lowest BCUT2D eigenvalue weighted by molar-refractivity contribution is 0.101. The molecule has 0 atom stereocenters. The van der Waals surface area contributed by atoms with Gasteiger partial charge in [-0.15, -0.1) is 0 Å². The molecule has 1 amide bonds. The number of rotatable bonds is 2. The van der Waals surface area contributed by atoms with Crippen molar-refractivity contribution < 1.29 is 9.18 Å². The van der Waals surface area contributed by atoms with Gasteiger partial charge >= 0.3 is 0 Å². The Morgan fingerprint density at radius 2 is 2.04 bits per heavy atom. The minimum absolute atomic E-state index is 0.259. The normalized spacial score (nSPS) is 11.3. The Balaban J connectivity index is 1.69. The molecule has 0 aliphatic carbocycles. The molecule has 1 N–H and O–H groups in total. The number of aryl methyl sites for hydroxylation is 2. The topological polar surface area (TPSA) is 46.9 Å².